The molecule has 0 fully saturated rings. The highest BCUT2D eigenvalue weighted by Gasteiger charge is 2.15. The lowest BCUT2D eigenvalue weighted by atomic mass is 10.2. The lowest BCUT2D eigenvalue weighted by molar-refractivity contribution is -0.384. The van der Waals surface area contributed by atoms with E-state index >= 15 is 0 Å². The fourth-order valence-corrected chi connectivity index (χ4v) is 3.76. The minimum absolute atomic E-state index is 0.00110. The van der Waals surface area contributed by atoms with Crippen molar-refractivity contribution in [3.05, 3.63) is 55.4 Å². The van der Waals surface area contributed by atoms with Gasteiger partial charge in [0, 0.05) is 30.0 Å². The number of aryl methyl sites for hydroxylation is 3. The summed E-state index contributed by atoms with van der Waals surface area (Å²) in [7, 11) is 1.41. The van der Waals surface area contributed by atoms with Crippen molar-refractivity contribution in [2.75, 3.05) is 12.4 Å². The van der Waals surface area contributed by atoms with Crippen LogP contribution in [-0.2, 0) is 11.3 Å². The van der Waals surface area contributed by atoms with E-state index in [0.717, 1.165) is 10.4 Å². The number of amides is 1. The molecule has 1 aromatic carbocycles. The van der Waals surface area contributed by atoms with Crippen molar-refractivity contribution in [1.29, 1.82) is 0 Å². The zero-order valence-corrected chi connectivity index (χ0v) is 16.3. The standard InChI is InChI=1S/C18H18N4O5S/c1-10-11(2)28-17-16(10)18(24)21(9-19-17)7-6-15(23)20-13-8-12(22(25)26)4-5-14(13)27-3/h4-5,8-9H,6-7H2,1-3H3,(H,20,23). The number of non-ortho nitro benzene ring substituents is 1. The van der Waals surface area contributed by atoms with Crippen LogP contribution in [0.25, 0.3) is 10.2 Å². The van der Waals surface area contributed by atoms with Crippen LogP contribution in [0.4, 0.5) is 11.4 Å². The number of methoxy groups -OCH3 is 1. The maximum Gasteiger partial charge on any atom is 0.271 e. The van der Waals surface area contributed by atoms with Crippen molar-refractivity contribution >= 4 is 38.8 Å². The number of ether oxygens (including phenoxy) is 1. The number of carbonyl (C=O) groups is 1. The number of nitro benzene ring substituents is 1. The Morgan fingerprint density at radius 3 is 2.82 bits per heavy atom. The lowest BCUT2D eigenvalue weighted by Gasteiger charge is -2.10. The van der Waals surface area contributed by atoms with Crippen molar-refractivity contribution in [3.8, 4) is 5.75 Å². The van der Waals surface area contributed by atoms with Gasteiger partial charge in [0.15, 0.2) is 0 Å². The molecule has 9 nitrogen and oxygen atoms in total. The second-order valence-corrected chi connectivity index (χ2v) is 7.35. The van der Waals surface area contributed by atoms with Crippen LogP contribution >= 0.6 is 11.3 Å². The molecular weight excluding hydrogens is 384 g/mol. The summed E-state index contributed by atoms with van der Waals surface area (Å²) in [6, 6.07) is 3.94. The zero-order valence-electron chi connectivity index (χ0n) is 15.5. The maximum absolute atomic E-state index is 12.7. The van der Waals surface area contributed by atoms with Gasteiger partial charge < -0.3 is 10.1 Å². The predicted molar refractivity (Wildman–Crippen MR) is 106 cm³/mol. The molecule has 0 spiro atoms. The number of nitrogens with one attached hydrogen (secondary N) is 1. The summed E-state index contributed by atoms with van der Waals surface area (Å²) in [5.74, 6) is -0.0902. The topological polar surface area (TPSA) is 116 Å². The van der Waals surface area contributed by atoms with Crippen LogP contribution in [0.15, 0.2) is 29.3 Å². The van der Waals surface area contributed by atoms with E-state index in [0.29, 0.717) is 16.0 Å². The number of benzene rings is 1. The molecule has 1 amide bonds. The molecule has 3 aromatic rings. The molecule has 0 radical (unpaired) electrons. The molecule has 2 heterocycles. The molecule has 0 bridgehead atoms. The van der Waals surface area contributed by atoms with Crippen LogP contribution in [0.5, 0.6) is 5.75 Å². The van der Waals surface area contributed by atoms with E-state index in [4.69, 9.17) is 4.74 Å². The van der Waals surface area contributed by atoms with E-state index < -0.39 is 10.8 Å². The molecule has 10 heteroatoms. The third-order valence-electron chi connectivity index (χ3n) is 4.40. The number of nitro groups is 1. The van der Waals surface area contributed by atoms with Gasteiger partial charge in [0.05, 0.1) is 29.4 Å². The Bertz CT molecular complexity index is 1130. The van der Waals surface area contributed by atoms with E-state index in [9.17, 15) is 19.7 Å². The third-order valence-corrected chi connectivity index (χ3v) is 5.52. The Kier molecular flexibility index (Phi) is 5.41. The first-order valence-corrected chi connectivity index (χ1v) is 9.21. The van der Waals surface area contributed by atoms with Gasteiger partial charge in [-0.2, -0.15) is 0 Å². The Balaban J connectivity index is 1.76. The van der Waals surface area contributed by atoms with Gasteiger partial charge in [-0.25, -0.2) is 4.98 Å². The summed E-state index contributed by atoms with van der Waals surface area (Å²) >= 11 is 1.46. The molecule has 0 atom stereocenters. The van der Waals surface area contributed by atoms with Crippen molar-refractivity contribution in [1.82, 2.24) is 9.55 Å². The highest BCUT2D eigenvalue weighted by molar-refractivity contribution is 7.18. The predicted octanol–water partition coefficient (Wildman–Crippen LogP) is 3.02. The van der Waals surface area contributed by atoms with E-state index in [1.165, 1.54) is 47.5 Å². The van der Waals surface area contributed by atoms with Crippen molar-refractivity contribution in [2.24, 2.45) is 0 Å². The number of thiophene rings is 1. The van der Waals surface area contributed by atoms with Gasteiger partial charge in [0.25, 0.3) is 11.2 Å². The largest absolute Gasteiger partial charge is 0.495 e. The van der Waals surface area contributed by atoms with Gasteiger partial charge in [-0.3, -0.25) is 24.3 Å². The fraction of sp³-hybridized carbons (Fsp3) is 0.278. The minimum atomic E-state index is -0.555. The second-order valence-electron chi connectivity index (χ2n) is 6.15. The van der Waals surface area contributed by atoms with E-state index in [2.05, 4.69) is 10.3 Å². The molecule has 0 aliphatic rings. The molecule has 0 aliphatic carbocycles. The van der Waals surface area contributed by atoms with Gasteiger partial charge >= 0.3 is 0 Å². The molecule has 146 valence electrons. The van der Waals surface area contributed by atoms with E-state index in [1.807, 2.05) is 13.8 Å². The van der Waals surface area contributed by atoms with E-state index in [-0.39, 0.29) is 29.9 Å². The molecule has 28 heavy (non-hydrogen) atoms. The van der Waals surface area contributed by atoms with Crippen LogP contribution in [0.2, 0.25) is 0 Å². The first-order chi connectivity index (χ1) is 13.3. The summed E-state index contributed by atoms with van der Waals surface area (Å²) < 4.78 is 6.52. The van der Waals surface area contributed by atoms with Gasteiger partial charge in [-0.1, -0.05) is 0 Å². The summed E-state index contributed by atoms with van der Waals surface area (Å²) in [5, 5.41) is 14.1. The molecule has 2 aromatic heterocycles. The monoisotopic (exact) mass is 402 g/mol. The molecule has 0 unspecified atom stereocenters. The smallest absolute Gasteiger partial charge is 0.271 e. The van der Waals surface area contributed by atoms with Crippen molar-refractivity contribution < 1.29 is 14.5 Å². The second kappa shape index (κ2) is 7.77. The van der Waals surface area contributed by atoms with Crippen LogP contribution in [0, 0.1) is 24.0 Å². The van der Waals surface area contributed by atoms with Gasteiger partial charge in [-0.05, 0) is 25.5 Å². The van der Waals surface area contributed by atoms with Crippen LogP contribution in [-0.4, -0.2) is 27.5 Å². The fourth-order valence-electron chi connectivity index (χ4n) is 2.77. The summed E-state index contributed by atoms with van der Waals surface area (Å²) in [6.07, 6.45) is 1.43. The Morgan fingerprint density at radius 1 is 1.39 bits per heavy atom. The van der Waals surface area contributed by atoms with Crippen molar-refractivity contribution in [3.63, 3.8) is 0 Å². The van der Waals surface area contributed by atoms with Crippen LogP contribution < -0.4 is 15.6 Å². The Hall–Kier alpha value is -3.27. The number of hydrogen-bond donors (Lipinski definition) is 1. The average Bonchev–Trinajstić information content (AvgIpc) is 2.95. The lowest BCUT2D eigenvalue weighted by Crippen LogP contribution is -2.23. The Morgan fingerprint density at radius 2 is 2.14 bits per heavy atom. The SMILES string of the molecule is COc1ccc([N+](=O)[O-])cc1NC(=O)CCn1cnc2sc(C)c(C)c2c1=O. The highest BCUT2D eigenvalue weighted by Crippen LogP contribution is 2.29. The molecule has 0 saturated carbocycles. The number of fused-ring (bicyclic) bond motifs is 1. The summed E-state index contributed by atoms with van der Waals surface area (Å²) in [6.45, 7) is 3.95. The number of carbonyl (C=O) groups excluding carboxylic acids is 1. The number of rotatable bonds is 6. The molecular formula is C18H18N4O5S. The molecule has 1 N–H and O–H groups in total. The first kappa shape index (κ1) is 19.5. The summed E-state index contributed by atoms with van der Waals surface area (Å²) in [5.41, 5.74) is 0.752. The van der Waals surface area contributed by atoms with Gasteiger partial charge in [-0.15, -0.1) is 11.3 Å². The summed E-state index contributed by atoms with van der Waals surface area (Å²) in [4.78, 5) is 41.4. The number of anilines is 1. The first-order valence-electron chi connectivity index (χ1n) is 8.39. The van der Waals surface area contributed by atoms with Gasteiger partial charge in [0.2, 0.25) is 5.91 Å². The zero-order chi connectivity index (χ0) is 20.4. The normalized spacial score (nSPS) is 10.8. The minimum Gasteiger partial charge on any atom is -0.495 e. The highest BCUT2D eigenvalue weighted by atomic mass is 32.1. The average molecular weight is 402 g/mol. The number of nitrogens with zero attached hydrogens (tertiary/aromatic N) is 3. The number of hydrogen-bond acceptors (Lipinski definition) is 7. The maximum atomic E-state index is 12.7. The van der Waals surface area contributed by atoms with Crippen molar-refractivity contribution in [2.45, 2.75) is 26.8 Å². The molecule has 0 aliphatic heterocycles. The van der Waals surface area contributed by atoms with Crippen LogP contribution in [0.1, 0.15) is 16.9 Å². The quantitative estimate of drug-likeness (QED) is 0.500. The molecule has 3 rings (SSSR count). The number of aromatic nitrogens is 2. The molecule has 0 saturated heterocycles. The van der Waals surface area contributed by atoms with Gasteiger partial charge in [0.1, 0.15) is 10.6 Å². The third kappa shape index (κ3) is 3.72. The Labute approximate surface area is 163 Å². The van der Waals surface area contributed by atoms with Crippen LogP contribution in [0.3, 0.4) is 0 Å². The van der Waals surface area contributed by atoms with E-state index in [1.54, 1.807) is 0 Å².